The van der Waals surface area contributed by atoms with E-state index < -0.39 is 0 Å². The minimum Gasteiger partial charge on any atom is -0.347 e. The van der Waals surface area contributed by atoms with Gasteiger partial charge in [0.2, 0.25) is 0 Å². The first kappa shape index (κ1) is 13.4. The zero-order valence-electron chi connectivity index (χ0n) is 11.9. The fourth-order valence-corrected chi connectivity index (χ4v) is 3.27. The van der Waals surface area contributed by atoms with E-state index in [4.69, 9.17) is 9.47 Å². The zero-order chi connectivity index (χ0) is 12.5. The quantitative estimate of drug-likeness (QED) is 0.742. The second kappa shape index (κ2) is 5.27. The first-order valence-corrected chi connectivity index (χ1v) is 7.32. The first-order chi connectivity index (χ1) is 8.01. The Morgan fingerprint density at radius 1 is 1.12 bits per heavy atom. The Hall–Kier alpha value is -0.0800. The molecular weight excluding hydrogens is 212 g/mol. The molecule has 0 N–H and O–H groups in total. The minimum atomic E-state index is -0.203. The smallest absolute Gasteiger partial charge is 0.168 e. The van der Waals surface area contributed by atoms with Crippen molar-refractivity contribution in [2.75, 3.05) is 6.61 Å². The van der Waals surface area contributed by atoms with E-state index in [2.05, 4.69) is 27.7 Å². The average Bonchev–Trinajstić information content (AvgIpc) is 2.61. The first-order valence-electron chi connectivity index (χ1n) is 7.32. The van der Waals surface area contributed by atoms with Crippen molar-refractivity contribution in [1.29, 1.82) is 0 Å². The summed E-state index contributed by atoms with van der Waals surface area (Å²) in [4.78, 5) is 0. The lowest BCUT2D eigenvalue weighted by molar-refractivity contribution is -0.195. The van der Waals surface area contributed by atoms with Crippen LogP contribution in [0.2, 0.25) is 0 Å². The van der Waals surface area contributed by atoms with Crippen LogP contribution in [-0.4, -0.2) is 18.5 Å². The molecule has 1 saturated heterocycles. The molecule has 0 bridgehead atoms. The maximum absolute atomic E-state index is 6.21. The fraction of sp³-hybridized carbons (Fsp3) is 1.00. The molecule has 0 aromatic rings. The van der Waals surface area contributed by atoms with E-state index >= 15 is 0 Å². The summed E-state index contributed by atoms with van der Waals surface area (Å²) in [5.41, 5.74) is 0. The maximum Gasteiger partial charge on any atom is 0.168 e. The van der Waals surface area contributed by atoms with Crippen molar-refractivity contribution in [3.63, 3.8) is 0 Å². The van der Waals surface area contributed by atoms with Crippen LogP contribution < -0.4 is 0 Å². The van der Waals surface area contributed by atoms with E-state index in [0.717, 1.165) is 37.7 Å². The SMILES string of the molecule is CC(C)CC1COC2(CCC(C(C)C)CC2)O1. The summed E-state index contributed by atoms with van der Waals surface area (Å²) in [6, 6.07) is 0. The van der Waals surface area contributed by atoms with Gasteiger partial charge in [0.05, 0.1) is 12.7 Å². The highest BCUT2D eigenvalue weighted by Crippen LogP contribution is 2.42. The molecule has 1 heterocycles. The highest BCUT2D eigenvalue weighted by atomic mass is 16.7. The number of hydrogen-bond acceptors (Lipinski definition) is 2. The highest BCUT2D eigenvalue weighted by molar-refractivity contribution is 4.86. The number of rotatable bonds is 3. The van der Waals surface area contributed by atoms with Crippen molar-refractivity contribution in [1.82, 2.24) is 0 Å². The summed E-state index contributed by atoms with van der Waals surface area (Å²) in [7, 11) is 0. The topological polar surface area (TPSA) is 18.5 Å². The Labute approximate surface area is 106 Å². The van der Waals surface area contributed by atoms with Gasteiger partial charge >= 0.3 is 0 Å². The molecule has 1 atom stereocenters. The molecule has 100 valence electrons. The third kappa shape index (κ3) is 3.23. The Balaban J connectivity index is 1.83. The second-order valence-electron chi connectivity index (χ2n) is 6.67. The van der Waals surface area contributed by atoms with E-state index in [9.17, 15) is 0 Å². The summed E-state index contributed by atoms with van der Waals surface area (Å²) in [6.07, 6.45) is 6.22. The lowest BCUT2D eigenvalue weighted by atomic mass is 9.79. The normalized spacial score (nSPS) is 38.5. The predicted octanol–water partition coefficient (Wildman–Crippen LogP) is 3.99. The van der Waals surface area contributed by atoms with E-state index in [1.807, 2.05) is 0 Å². The third-order valence-electron chi connectivity index (χ3n) is 4.38. The van der Waals surface area contributed by atoms with Gasteiger partial charge in [0.15, 0.2) is 5.79 Å². The van der Waals surface area contributed by atoms with Crippen LogP contribution in [0.25, 0.3) is 0 Å². The molecule has 2 heteroatoms. The molecule has 1 saturated carbocycles. The van der Waals surface area contributed by atoms with Crippen molar-refractivity contribution >= 4 is 0 Å². The van der Waals surface area contributed by atoms with Gasteiger partial charge in [-0.3, -0.25) is 0 Å². The molecule has 2 aliphatic rings. The van der Waals surface area contributed by atoms with E-state index in [1.54, 1.807) is 0 Å². The second-order valence-corrected chi connectivity index (χ2v) is 6.67. The van der Waals surface area contributed by atoms with Gasteiger partial charge in [0.25, 0.3) is 0 Å². The molecule has 0 radical (unpaired) electrons. The molecule has 0 aromatic heterocycles. The highest BCUT2D eigenvalue weighted by Gasteiger charge is 2.44. The Morgan fingerprint density at radius 2 is 1.76 bits per heavy atom. The number of hydrogen-bond donors (Lipinski definition) is 0. The maximum atomic E-state index is 6.21. The lowest BCUT2D eigenvalue weighted by Crippen LogP contribution is -2.37. The van der Waals surface area contributed by atoms with Crippen LogP contribution in [0.3, 0.4) is 0 Å². The summed E-state index contributed by atoms with van der Waals surface area (Å²) >= 11 is 0. The monoisotopic (exact) mass is 240 g/mol. The third-order valence-corrected chi connectivity index (χ3v) is 4.38. The molecule has 0 aromatic carbocycles. The molecule has 0 amide bonds. The molecule has 2 rings (SSSR count). The van der Waals surface area contributed by atoms with E-state index in [0.29, 0.717) is 12.0 Å². The van der Waals surface area contributed by atoms with Crippen LogP contribution in [0.1, 0.15) is 59.8 Å². The summed E-state index contributed by atoms with van der Waals surface area (Å²) < 4.78 is 12.2. The minimum absolute atomic E-state index is 0.203. The summed E-state index contributed by atoms with van der Waals surface area (Å²) in [6.45, 7) is 9.99. The van der Waals surface area contributed by atoms with Crippen molar-refractivity contribution in [3.8, 4) is 0 Å². The van der Waals surface area contributed by atoms with Crippen molar-refractivity contribution in [2.45, 2.75) is 71.7 Å². The molecule has 1 aliphatic carbocycles. The molecule has 1 spiro atoms. The molecule has 2 nitrogen and oxygen atoms in total. The van der Waals surface area contributed by atoms with Gasteiger partial charge in [-0.2, -0.15) is 0 Å². The van der Waals surface area contributed by atoms with Crippen LogP contribution in [-0.2, 0) is 9.47 Å². The van der Waals surface area contributed by atoms with Gasteiger partial charge < -0.3 is 9.47 Å². The summed E-state index contributed by atoms with van der Waals surface area (Å²) in [5.74, 6) is 2.17. The largest absolute Gasteiger partial charge is 0.347 e. The zero-order valence-corrected chi connectivity index (χ0v) is 11.9. The molecule has 2 fully saturated rings. The molecule has 17 heavy (non-hydrogen) atoms. The van der Waals surface area contributed by atoms with E-state index in [-0.39, 0.29) is 5.79 Å². The predicted molar refractivity (Wildman–Crippen MR) is 69.8 cm³/mol. The van der Waals surface area contributed by atoms with Crippen molar-refractivity contribution in [2.24, 2.45) is 17.8 Å². The Kier molecular flexibility index (Phi) is 4.14. The summed E-state index contributed by atoms with van der Waals surface area (Å²) in [5, 5.41) is 0. The van der Waals surface area contributed by atoms with Gasteiger partial charge in [-0.1, -0.05) is 27.7 Å². The fourth-order valence-electron chi connectivity index (χ4n) is 3.27. The molecule has 1 unspecified atom stereocenters. The van der Waals surface area contributed by atoms with Crippen LogP contribution in [0, 0.1) is 17.8 Å². The van der Waals surface area contributed by atoms with Gasteiger partial charge in [0, 0.05) is 12.8 Å². The van der Waals surface area contributed by atoms with Crippen LogP contribution in [0.15, 0.2) is 0 Å². The average molecular weight is 240 g/mol. The molecule has 1 aliphatic heterocycles. The Morgan fingerprint density at radius 3 is 2.29 bits per heavy atom. The van der Waals surface area contributed by atoms with Gasteiger partial charge in [-0.05, 0) is 37.0 Å². The molecular formula is C15H28O2. The van der Waals surface area contributed by atoms with Crippen molar-refractivity contribution < 1.29 is 9.47 Å². The van der Waals surface area contributed by atoms with Gasteiger partial charge in [-0.25, -0.2) is 0 Å². The van der Waals surface area contributed by atoms with Crippen LogP contribution in [0.5, 0.6) is 0 Å². The number of ether oxygens (including phenoxy) is 2. The standard InChI is InChI=1S/C15H28O2/c1-11(2)9-14-10-16-15(17-14)7-5-13(6-8-15)12(3)4/h11-14H,5-10H2,1-4H3. The van der Waals surface area contributed by atoms with Gasteiger partial charge in [0.1, 0.15) is 0 Å². The van der Waals surface area contributed by atoms with Crippen LogP contribution >= 0.6 is 0 Å². The van der Waals surface area contributed by atoms with Crippen LogP contribution in [0.4, 0.5) is 0 Å². The van der Waals surface area contributed by atoms with E-state index in [1.165, 1.54) is 12.8 Å². The lowest BCUT2D eigenvalue weighted by Gasteiger charge is -2.37. The van der Waals surface area contributed by atoms with Gasteiger partial charge in [-0.15, -0.1) is 0 Å². The Bertz CT molecular complexity index is 239. The van der Waals surface area contributed by atoms with Crippen molar-refractivity contribution in [3.05, 3.63) is 0 Å².